The number of hydrogen-bond acceptors (Lipinski definition) is 5. The quantitative estimate of drug-likeness (QED) is 0.749. The number of piperazine rings is 1. The summed E-state index contributed by atoms with van der Waals surface area (Å²) in [6.07, 6.45) is 1.41. The molecule has 1 aromatic carbocycles. The number of fused-ring (bicyclic) bond motifs is 3. The van der Waals surface area contributed by atoms with E-state index in [1.807, 2.05) is 0 Å². The molecule has 0 unspecified atom stereocenters. The van der Waals surface area contributed by atoms with Gasteiger partial charge >= 0.3 is 0 Å². The zero-order valence-corrected chi connectivity index (χ0v) is 14.0. The van der Waals surface area contributed by atoms with Crippen molar-refractivity contribution in [1.29, 1.82) is 0 Å². The Morgan fingerprint density at radius 3 is 2.56 bits per heavy atom. The molecule has 1 N–H and O–H groups in total. The smallest absolute Gasteiger partial charge is 0.254 e. The van der Waals surface area contributed by atoms with Crippen LogP contribution in [0.1, 0.15) is 33.6 Å². The van der Waals surface area contributed by atoms with Crippen molar-refractivity contribution in [2.75, 3.05) is 12.3 Å². The highest BCUT2D eigenvalue weighted by molar-refractivity contribution is 8.04. The Morgan fingerprint density at radius 1 is 1.08 bits per heavy atom. The molecule has 2 atom stereocenters. The molecule has 0 saturated carbocycles. The third-order valence-electron chi connectivity index (χ3n) is 5.45. The number of rotatable bonds is 0. The number of amides is 2. The summed E-state index contributed by atoms with van der Waals surface area (Å²) in [7, 11) is 0. The molecule has 2 saturated heterocycles. The van der Waals surface area contributed by atoms with Gasteiger partial charge in [0.2, 0.25) is 11.7 Å². The number of ketones is 2. The summed E-state index contributed by atoms with van der Waals surface area (Å²) in [5, 5.41) is 2.81. The van der Waals surface area contributed by atoms with E-state index in [0.717, 1.165) is 6.42 Å². The molecule has 5 rings (SSSR count). The maximum Gasteiger partial charge on any atom is 0.254 e. The number of nitrogens with one attached hydrogen (secondary N) is 1. The molecule has 0 bridgehead atoms. The fraction of sp³-hybridized carbons (Fsp3) is 0.333. The number of carbonyl (C=O) groups excluding carboxylic acids is 4. The molecule has 126 valence electrons. The first kappa shape index (κ1) is 14.9. The Kier molecular flexibility index (Phi) is 2.87. The molecule has 25 heavy (non-hydrogen) atoms. The summed E-state index contributed by atoms with van der Waals surface area (Å²) in [6.45, 7) is 0.519. The van der Waals surface area contributed by atoms with Gasteiger partial charge in [0, 0.05) is 23.4 Å². The summed E-state index contributed by atoms with van der Waals surface area (Å²) in [5.41, 5.74) is -0.578. The van der Waals surface area contributed by atoms with Crippen LogP contribution in [0.5, 0.6) is 0 Å². The number of hydrogen-bond donors (Lipinski definition) is 1. The zero-order chi connectivity index (χ0) is 17.3. The van der Waals surface area contributed by atoms with Crippen molar-refractivity contribution in [3.63, 3.8) is 0 Å². The predicted molar refractivity (Wildman–Crippen MR) is 90.2 cm³/mol. The van der Waals surface area contributed by atoms with Crippen LogP contribution in [0.4, 0.5) is 0 Å². The molecule has 6 nitrogen and oxygen atoms in total. The average Bonchev–Trinajstić information content (AvgIpc) is 3.24. The first-order valence-electron chi connectivity index (χ1n) is 8.24. The Bertz CT molecular complexity index is 921. The molecule has 3 heterocycles. The number of carbonyl (C=O) groups is 4. The van der Waals surface area contributed by atoms with E-state index in [0.29, 0.717) is 29.0 Å². The molecular weight excluding hydrogens is 340 g/mol. The van der Waals surface area contributed by atoms with Crippen molar-refractivity contribution in [2.24, 2.45) is 0 Å². The highest BCUT2D eigenvalue weighted by atomic mass is 32.2. The third-order valence-corrected chi connectivity index (χ3v) is 6.71. The van der Waals surface area contributed by atoms with Crippen LogP contribution in [0.25, 0.3) is 0 Å². The second kappa shape index (κ2) is 4.82. The minimum absolute atomic E-state index is 0.157. The SMILES string of the molecule is O=C1C2=C(C(=O)c3ccccc31)[C@@]1(CS2)NC(=O)[C@H]2CCCN2C1=O. The van der Waals surface area contributed by atoms with E-state index in [1.54, 1.807) is 29.2 Å². The van der Waals surface area contributed by atoms with Crippen molar-refractivity contribution in [1.82, 2.24) is 10.2 Å². The summed E-state index contributed by atoms with van der Waals surface area (Å²) >= 11 is 1.19. The van der Waals surface area contributed by atoms with E-state index in [-0.39, 0.29) is 34.7 Å². The Balaban J connectivity index is 1.68. The monoisotopic (exact) mass is 354 g/mol. The Labute approximate surface area is 147 Å². The van der Waals surface area contributed by atoms with E-state index < -0.39 is 11.6 Å². The van der Waals surface area contributed by atoms with Gasteiger partial charge < -0.3 is 10.2 Å². The van der Waals surface area contributed by atoms with E-state index in [1.165, 1.54) is 11.8 Å². The lowest BCUT2D eigenvalue weighted by molar-refractivity contribution is -0.149. The van der Waals surface area contributed by atoms with Gasteiger partial charge in [0.05, 0.1) is 10.5 Å². The lowest BCUT2D eigenvalue weighted by Gasteiger charge is -2.42. The van der Waals surface area contributed by atoms with Crippen LogP contribution in [-0.4, -0.2) is 52.2 Å². The van der Waals surface area contributed by atoms with E-state index >= 15 is 0 Å². The first-order valence-corrected chi connectivity index (χ1v) is 9.22. The molecule has 1 spiro atoms. The van der Waals surface area contributed by atoms with Crippen molar-refractivity contribution < 1.29 is 19.2 Å². The van der Waals surface area contributed by atoms with Gasteiger partial charge in [-0.1, -0.05) is 24.3 Å². The summed E-state index contributed by atoms with van der Waals surface area (Å²) in [5.74, 6) is -0.867. The zero-order valence-electron chi connectivity index (χ0n) is 13.2. The van der Waals surface area contributed by atoms with Crippen LogP contribution in [0.2, 0.25) is 0 Å². The Hall–Kier alpha value is -2.41. The largest absolute Gasteiger partial charge is 0.335 e. The van der Waals surface area contributed by atoms with Gasteiger partial charge in [-0.15, -0.1) is 11.8 Å². The van der Waals surface area contributed by atoms with Crippen LogP contribution in [0, 0.1) is 0 Å². The van der Waals surface area contributed by atoms with Gasteiger partial charge in [-0.25, -0.2) is 0 Å². The van der Waals surface area contributed by atoms with Crippen LogP contribution in [0.15, 0.2) is 34.7 Å². The molecule has 0 radical (unpaired) electrons. The Morgan fingerprint density at radius 2 is 1.80 bits per heavy atom. The molecular formula is C18H14N2O4S. The van der Waals surface area contributed by atoms with E-state index in [4.69, 9.17) is 0 Å². The van der Waals surface area contributed by atoms with Gasteiger partial charge in [-0.05, 0) is 12.8 Å². The maximum atomic E-state index is 13.2. The molecule has 2 fully saturated rings. The average molecular weight is 354 g/mol. The summed E-state index contributed by atoms with van der Waals surface area (Å²) in [4.78, 5) is 53.6. The number of allylic oxidation sites excluding steroid dienone is 1. The fourth-order valence-corrected chi connectivity index (χ4v) is 5.63. The third kappa shape index (κ3) is 1.71. The van der Waals surface area contributed by atoms with E-state index in [9.17, 15) is 19.2 Å². The first-order chi connectivity index (χ1) is 12.0. The molecule has 1 aromatic rings. The molecule has 2 amide bonds. The topological polar surface area (TPSA) is 83.6 Å². The minimum Gasteiger partial charge on any atom is -0.335 e. The van der Waals surface area contributed by atoms with Crippen molar-refractivity contribution in [3.05, 3.63) is 45.9 Å². The van der Waals surface area contributed by atoms with Crippen molar-refractivity contribution in [3.8, 4) is 0 Å². The fourth-order valence-electron chi connectivity index (χ4n) is 4.27. The highest BCUT2D eigenvalue weighted by Gasteiger charge is 2.60. The lowest BCUT2D eigenvalue weighted by Crippen LogP contribution is -2.70. The molecule has 7 heteroatoms. The number of Topliss-reactive ketones (excluding diaryl/α,β-unsaturated/α-hetero) is 2. The van der Waals surface area contributed by atoms with Gasteiger partial charge in [-0.2, -0.15) is 0 Å². The minimum atomic E-state index is -1.40. The van der Waals surface area contributed by atoms with Gasteiger partial charge in [0.1, 0.15) is 6.04 Å². The van der Waals surface area contributed by atoms with Gasteiger partial charge in [0.15, 0.2) is 11.3 Å². The van der Waals surface area contributed by atoms with Gasteiger partial charge in [-0.3, -0.25) is 19.2 Å². The lowest BCUT2D eigenvalue weighted by atomic mass is 9.77. The molecule has 3 aliphatic heterocycles. The number of benzene rings is 1. The second-order valence-corrected chi connectivity index (χ2v) is 7.73. The second-order valence-electron chi connectivity index (χ2n) is 6.75. The molecule has 4 aliphatic rings. The van der Waals surface area contributed by atoms with Crippen molar-refractivity contribution >= 4 is 35.1 Å². The van der Waals surface area contributed by atoms with Gasteiger partial charge in [0.25, 0.3) is 5.91 Å². The molecule has 0 aromatic heterocycles. The highest BCUT2D eigenvalue weighted by Crippen LogP contribution is 2.48. The van der Waals surface area contributed by atoms with Crippen LogP contribution in [0.3, 0.4) is 0 Å². The van der Waals surface area contributed by atoms with Crippen LogP contribution >= 0.6 is 11.8 Å². The van der Waals surface area contributed by atoms with Crippen LogP contribution in [-0.2, 0) is 9.59 Å². The van der Waals surface area contributed by atoms with Crippen LogP contribution < -0.4 is 5.32 Å². The van der Waals surface area contributed by atoms with Crippen molar-refractivity contribution in [2.45, 2.75) is 24.4 Å². The standard InChI is InChI=1S/C18H14N2O4S/c21-13-9-4-1-2-5-10(9)14(22)15-12(13)18(8-25-15)17(24)20-7-3-6-11(20)16(23)19-18/h1-2,4-5,11H,3,6-8H2,(H,19,23)/t11-,18-/m1/s1. The summed E-state index contributed by atoms with van der Waals surface area (Å²) in [6, 6.07) is 6.19. The predicted octanol–water partition coefficient (Wildman–Crippen LogP) is 0.926. The number of thioether (sulfide) groups is 1. The molecule has 1 aliphatic carbocycles. The maximum absolute atomic E-state index is 13.2. The number of nitrogens with zero attached hydrogens (tertiary/aromatic N) is 1. The summed E-state index contributed by atoms with van der Waals surface area (Å²) < 4.78 is 0. The van der Waals surface area contributed by atoms with E-state index in [2.05, 4.69) is 5.32 Å². The normalized spacial score (nSPS) is 30.6.